The average Bonchev–Trinajstić information content (AvgIpc) is 2.45. The second-order valence-electron chi connectivity index (χ2n) is 5.96. The van der Waals surface area contributed by atoms with E-state index in [1.165, 1.54) is 19.2 Å². The smallest absolute Gasteiger partial charge is 0.311 e. The van der Waals surface area contributed by atoms with Crippen molar-refractivity contribution in [2.75, 3.05) is 25.5 Å². The number of ether oxygens (including phenoxy) is 1. The number of rotatable bonds is 5. The molecule has 7 nitrogen and oxygen atoms in total. The summed E-state index contributed by atoms with van der Waals surface area (Å²) in [5, 5.41) is 17.6. The van der Waals surface area contributed by atoms with Crippen molar-refractivity contribution in [1.82, 2.24) is 10.3 Å². The lowest BCUT2D eigenvalue weighted by Gasteiger charge is -2.39. The molecule has 1 unspecified atom stereocenters. The predicted molar refractivity (Wildman–Crippen MR) is 80.7 cm³/mol. The predicted octanol–water partition coefficient (Wildman–Crippen LogP) is 2.19. The molecule has 1 aliphatic rings. The van der Waals surface area contributed by atoms with Crippen LogP contribution in [0.3, 0.4) is 0 Å². The SMILES string of the molecule is COc1ccc([N+](=O)[O-])c(NCC2NCCCC2(C)C)n1. The summed E-state index contributed by atoms with van der Waals surface area (Å²) in [7, 11) is 1.49. The number of nitrogens with one attached hydrogen (secondary N) is 2. The summed E-state index contributed by atoms with van der Waals surface area (Å²) >= 11 is 0. The molecule has 1 fully saturated rings. The van der Waals surface area contributed by atoms with Gasteiger partial charge in [-0.3, -0.25) is 10.1 Å². The van der Waals surface area contributed by atoms with Crippen molar-refractivity contribution in [2.24, 2.45) is 5.41 Å². The molecule has 0 saturated carbocycles. The maximum absolute atomic E-state index is 11.1. The fourth-order valence-corrected chi connectivity index (χ4v) is 2.64. The third-order valence-corrected chi connectivity index (χ3v) is 4.06. The highest BCUT2D eigenvalue weighted by Crippen LogP contribution is 2.31. The van der Waals surface area contributed by atoms with Crippen LogP contribution in [-0.2, 0) is 0 Å². The maximum atomic E-state index is 11.1. The van der Waals surface area contributed by atoms with Crippen LogP contribution in [0.5, 0.6) is 5.88 Å². The number of methoxy groups -OCH3 is 1. The number of nitro groups is 1. The molecule has 2 N–H and O–H groups in total. The first-order valence-corrected chi connectivity index (χ1v) is 7.11. The standard InChI is InChI=1S/C14H22N4O3/c1-14(2)7-4-8-15-11(14)9-16-13-10(18(19)20)5-6-12(17-13)21-3/h5-6,11,15H,4,7-9H2,1-3H3,(H,16,17). The van der Waals surface area contributed by atoms with Gasteiger partial charge in [0.1, 0.15) is 0 Å². The molecule has 1 saturated heterocycles. The van der Waals surface area contributed by atoms with Crippen LogP contribution in [0.15, 0.2) is 12.1 Å². The van der Waals surface area contributed by atoms with Gasteiger partial charge < -0.3 is 15.4 Å². The molecule has 0 bridgehead atoms. The Hall–Kier alpha value is -1.89. The number of pyridine rings is 1. The third kappa shape index (κ3) is 3.60. The Morgan fingerprint density at radius 3 is 2.95 bits per heavy atom. The molecule has 116 valence electrons. The van der Waals surface area contributed by atoms with Crippen molar-refractivity contribution in [2.45, 2.75) is 32.7 Å². The van der Waals surface area contributed by atoms with Gasteiger partial charge in [-0.1, -0.05) is 13.8 Å². The summed E-state index contributed by atoms with van der Waals surface area (Å²) < 4.78 is 5.03. The molecule has 0 spiro atoms. The molecule has 2 rings (SSSR count). The molecule has 2 heterocycles. The van der Waals surface area contributed by atoms with Gasteiger partial charge in [-0.05, 0) is 24.8 Å². The molecule has 0 aliphatic carbocycles. The van der Waals surface area contributed by atoms with E-state index in [4.69, 9.17) is 4.74 Å². The minimum absolute atomic E-state index is 0.0376. The molecule has 1 aliphatic heterocycles. The molecule has 0 aromatic carbocycles. The van der Waals surface area contributed by atoms with Crippen LogP contribution in [0.25, 0.3) is 0 Å². The summed E-state index contributed by atoms with van der Waals surface area (Å²) in [6.45, 7) is 5.98. The van der Waals surface area contributed by atoms with E-state index in [1.807, 2.05) is 0 Å². The van der Waals surface area contributed by atoms with Crippen LogP contribution in [0, 0.1) is 15.5 Å². The molecule has 1 aromatic heterocycles. The van der Waals surface area contributed by atoms with Gasteiger partial charge in [-0.15, -0.1) is 0 Å². The summed E-state index contributed by atoms with van der Waals surface area (Å²) in [6.07, 6.45) is 2.29. The Morgan fingerprint density at radius 1 is 1.57 bits per heavy atom. The zero-order chi connectivity index (χ0) is 15.5. The van der Waals surface area contributed by atoms with Crippen LogP contribution in [0.2, 0.25) is 0 Å². The molecule has 7 heteroatoms. The summed E-state index contributed by atoms with van der Waals surface area (Å²) in [5.74, 6) is 0.612. The van der Waals surface area contributed by atoms with Crippen molar-refractivity contribution in [3.63, 3.8) is 0 Å². The Balaban J connectivity index is 2.13. The van der Waals surface area contributed by atoms with Gasteiger partial charge in [-0.2, -0.15) is 4.98 Å². The van der Waals surface area contributed by atoms with Gasteiger partial charge in [-0.25, -0.2) is 0 Å². The number of nitrogens with zero attached hydrogens (tertiary/aromatic N) is 2. The maximum Gasteiger partial charge on any atom is 0.311 e. The second-order valence-corrected chi connectivity index (χ2v) is 5.96. The van der Waals surface area contributed by atoms with Crippen LogP contribution in [0.4, 0.5) is 11.5 Å². The zero-order valence-corrected chi connectivity index (χ0v) is 12.7. The Bertz CT molecular complexity index is 519. The molecular formula is C14H22N4O3. The average molecular weight is 294 g/mol. The minimum Gasteiger partial charge on any atom is -0.481 e. The first-order chi connectivity index (χ1) is 9.94. The monoisotopic (exact) mass is 294 g/mol. The Labute approximate surface area is 124 Å². The summed E-state index contributed by atoms with van der Waals surface area (Å²) in [5.41, 5.74) is 0.114. The lowest BCUT2D eigenvalue weighted by Crippen LogP contribution is -2.50. The number of hydrogen-bond donors (Lipinski definition) is 2. The largest absolute Gasteiger partial charge is 0.481 e. The third-order valence-electron chi connectivity index (χ3n) is 4.06. The first kappa shape index (κ1) is 15.5. The van der Waals surface area contributed by atoms with E-state index in [2.05, 4.69) is 29.5 Å². The highest BCUT2D eigenvalue weighted by atomic mass is 16.6. The molecule has 0 radical (unpaired) electrons. The normalized spacial score (nSPS) is 20.8. The van der Waals surface area contributed by atoms with Gasteiger partial charge in [0.15, 0.2) is 0 Å². The van der Waals surface area contributed by atoms with Crippen LogP contribution >= 0.6 is 0 Å². The first-order valence-electron chi connectivity index (χ1n) is 7.11. The van der Waals surface area contributed by atoms with Gasteiger partial charge in [0.05, 0.1) is 12.0 Å². The molecule has 1 aromatic rings. The summed E-state index contributed by atoms with van der Waals surface area (Å²) in [6, 6.07) is 3.15. The highest BCUT2D eigenvalue weighted by molar-refractivity contribution is 5.57. The van der Waals surface area contributed by atoms with E-state index in [-0.39, 0.29) is 23.0 Å². The van der Waals surface area contributed by atoms with Crippen molar-refractivity contribution >= 4 is 11.5 Å². The van der Waals surface area contributed by atoms with Gasteiger partial charge in [0.2, 0.25) is 11.7 Å². The topological polar surface area (TPSA) is 89.3 Å². The van der Waals surface area contributed by atoms with Crippen LogP contribution < -0.4 is 15.4 Å². The van der Waals surface area contributed by atoms with Crippen LogP contribution in [-0.4, -0.2) is 36.1 Å². The van der Waals surface area contributed by atoms with E-state index in [1.54, 1.807) is 0 Å². The van der Waals surface area contributed by atoms with Crippen molar-refractivity contribution in [3.8, 4) is 5.88 Å². The number of piperidine rings is 1. The van der Waals surface area contributed by atoms with Crippen molar-refractivity contribution in [1.29, 1.82) is 0 Å². The van der Waals surface area contributed by atoms with E-state index in [0.717, 1.165) is 19.4 Å². The lowest BCUT2D eigenvalue weighted by molar-refractivity contribution is -0.384. The molecule has 1 atom stereocenters. The lowest BCUT2D eigenvalue weighted by atomic mass is 9.77. The Kier molecular flexibility index (Phi) is 4.62. The fourth-order valence-electron chi connectivity index (χ4n) is 2.64. The molecule has 21 heavy (non-hydrogen) atoms. The molecule has 0 amide bonds. The quantitative estimate of drug-likeness (QED) is 0.639. The second kappa shape index (κ2) is 6.26. The minimum atomic E-state index is -0.436. The van der Waals surface area contributed by atoms with Gasteiger partial charge in [0, 0.05) is 24.7 Å². The van der Waals surface area contributed by atoms with E-state index in [9.17, 15) is 10.1 Å². The highest BCUT2D eigenvalue weighted by Gasteiger charge is 2.32. The van der Waals surface area contributed by atoms with E-state index >= 15 is 0 Å². The van der Waals surface area contributed by atoms with Crippen molar-refractivity contribution in [3.05, 3.63) is 22.2 Å². The number of hydrogen-bond acceptors (Lipinski definition) is 6. The van der Waals surface area contributed by atoms with Gasteiger partial charge >= 0.3 is 5.69 Å². The molecular weight excluding hydrogens is 272 g/mol. The van der Waals surface area contributed by atoms with E-state index in [0.29, 0.717) is 12.4 Å². The van der Waals surface area contributed by atoms with Gasteiger partial charge in [0.25, 0.3) is 0 Å². The Morgan fingerprint density at radius 2 is 2.33 bits per heavy atom. The van der Waals surface area contributed by atoms with E-state index < -0.39 is 4.92 Å². The summed E-state index contributed by atoms with van der Waals surface area (Å²) in [4.78, 5) is 14.8. The fraction of sp³-hybridized carbons (Fsp3) is 0.643. The number of anilines is 1. The zero-order valence-electron chi connectivity index (χ0n) is 12.7. The number of aromatic nitrogens is 1. The van der Waals surface area contributed by atoms with Crippen LogP contribution in [0.1, 0.15) is 26.7 Å². The van der Waals surface area contributed by atoms with Crippen molar-refractivity contribution < 1.29 is 9.66 Å².